The quantitative estimate of drug-likeness (QED) is 0.691. The van der Waals surface area contributed by atoms with E-state index in [1.165, 1.54) is 0 Å². The van der Waals surface area contributed by atoms with Crippen LogP contribution in [0, 0.1) is 5.92 Å². The minimum absolute atomic E-state index is 0.571. The highest BCUT2D eigenvalue weighted by atomic mass is 15.6. The van der Waals surface area contributed by atoms with E-state index in [4.69, 9.17) is 0 Å². The van der Waals surface area contributed by atoms with Crippen LogP contribution in [-0.2, 0) is 7.05 Å². The van der Waals surface area contributed by atoms with Gasteiger partial charge in [0.25, 0.3) is 0 Å². The third-order valence-corrected chi connectivity index (χ3v) is 2.08. The van der Waals surface area contributed by atoms with E-state index in [1.807, 2.05) is 21.1 Å². The number of tetrazole rings is 1. The molecule has 0 saturated heterocycles. The van der Waals surface area contributed by atoms with E-state index >= 15 is 0 Å². The molecule has 1 atom stereocenters. The first kappa shape index (κ1) is 10.9. The highest BCUT2D eigenvalue weighted by molar-refractivity contribution is 5.25. The van der Waals surface area contributed by atoms with Crippen molar-refractivity contribution in [2.75, 3.05) is 32.1 Å². The second-order valence-electron chi connectivity index (χ2n) is 3.65. The summed E-state index contributed by atoms with van der Waals surface area (Å²) in [6.07, 6.45) is 0. The summed E-state index contributed by atoms with van der Waals surface area (Å²) in [4.78, 5) is 2.06. The summed E-state index contributed by atoms with van der Waals surface area (Å²) in [6.45, 7) is 4.13. The van der Waals surface area contributed by atoms with Gasteiger partial charge in [0.05, 0.1) is 0 Å². The van der Waals surface area contributed by atoms with Crippen LogP contribution in [0.3, 0.4) is 0 Å². The lowest BCUT2D eigenvalue weighted by molar-refractivity contribution is 0.534. The predicted octanol–water partition coefficient (Wildman–Crippen LogP) is -0.498. The summed E-state index contributed by atoms with van der Waals surface area (Å²) < 4.78 is 1.67. The van der Waals surface area contributed by atoms with Crippen molar-refractivity contribution in [3.63, 3.8) is 0 Å². The van der Waals surface area contributed by atoms with Crippen LogP contribution in [0.25, 0.3) is 0 Å². The van der Waals surface area contributed by atoms with Crippen molar-refractivity contribution < 1.29 is 0 Å². The molecule has 0 bridgehead atoms. The highest BCUT2D eigenvalue weighted by Crippen LogP contribution is 2.06. The summed E-state index contributed by atoms with van der Waals surface area (Å²) in [6, 6.07) is 0. The summed E-state index contributed by atoms with van der Waals surface area (Å²) in [5, 5.41) is 14.5. The van der Waals surface area contributed by atoms with E-state index in [9.17, 15) is 0 Å². The summed E-state index contributed by atoms with van der Waals surface area (Å²) in [5.74, 6) is 1.37. The van der Waals surface area contributed by atoms with Crippen molar-refractivity contribution in [2.24, 2.45) is 13.0 Å². The molecule has 0 aromatic carbocycles. The van der Waals surface area contributed by atoms with Crippen molar-refractivity contribution in [1.82, 2.24) is 25.5 Å². The van der Waals surface area contributed by atoms with Gasteiger partial charge >= 0.3 is 0 Å². The number of aryl methyl sites for hydroxylation is 1. The average Bonchev–Trinajstić information content (AvgIpc) is 2.51. The van der Waals surface area contributed by atoms with Crippen LogP contribution in [0.15, 0.2) is 0 Å². The van der Waals surface area contributed by atoms with E-state index in [-0.39, 0.29) is 0 Å². The first-order valence-corrected chi connectivity index (χ1v) is 4.73. The fourth-order valence-corrected chi connectivity index (χ4v) is 1.51. The van der Waals surface area contributed by atoms with Gasteiger partial charge < -0.3 is 10.2 Å². The lowest BCUT2D eigenvalue weighted by Gasteiger charge is -2.20. The van der Waals surface area contributed by atoms with Crippen LogP contribution in [0.1, 0.15) is 6.92 Å². The van der Waals surface area contributed by atoms with Gasteiger partial charge in [0, 0.05) is 20.6 Å². The smallest absolute Gasteiger partial charge is 0.245 e. The molecule has 1 rings (SSSR count). The molecule has 1 heterocycles. The highest BCUT2D eigenvalue weighted by Gasteiger charge is 2.11. The Kier molecular flexibility index (Phi) is 3.82. The van der Waals surface area contributed by atoms with E-state index in [0.717, 1.165) is 19.0 Å². The van der Waals surface area contributed by atoms with Crippen molar-refractivity contribution in [2.45, 2.75) is 6.92 Å². The fraction of sp³-hybridized carbons (Fsp3) is 0.875. The largest absolute Gasteiger partial charge is 0.342 e. The summed E-state index contributed by atoms with van der Waals surface area (Å²) in [5.41, 5.74) is 0. The van der Waals surface area contributed by atoms with Crippen LogP contribution in [0.4, 0.5) is 5.95 Å². The van der Waals surface area contributed by atoms with Crippen molar-refractivity contribution in [1.29, 1.82) is 0 Å². The van der Waals surface area contributed by atoms with Crippen LogP contribution < -0.4 is 10.2 Å². The Bertz CT molecular complexity index is 271. The fourth-order valence-electron chi connectivity index (χ4n) is 1.51. The van der Waals surface area contributed by atoms with E-state index in [0.29, 0.717) is 5.92 Å². The molecule has 0 radical (unpaired) electrons. The van der Waals surface area contributed by atoms with Crippen LogP contribution in [0.5, 0.6) is 0 Å². The van der Waals surface area contributed by atoms with Gasteiger partial charge in [-0.1, -0.05) is 12.0 Å². The Morgan fingerprint density at radius 1 is 1.57 bits per heavy atom. The molecule has 1 aromatic heterocycles. The minimum atomic E-state index is 0.571. The number of hydrogen-bond donors (Lipinski definition) is 1. The second kappa shape index (κ2) is 4.90. The van der Waals surface area contributed by atoms with Gasteiger partial charge in [-0.25, -0.2) is 4.68 Å². The number of nitrogens with one attached hydrogen (secondary N) is 1. The summed E-state index contributed by atoms with van der Waals surface area (Å²) >= 11 is 0. The van der Waals surface area contributed by atoms with Crippen LogP contribution in [-0.4, -0.2) is 47.4 Å². The molecule has 0 aliphatic rings. The molecule has 0 aliphatic carbocycles. The molecular weight excluding hydrogens is 180 g/mol. The van der Waals surface area contributed by atoms with E-state index in [2.05, 4.69) is 32.7 Å². The number of nitrogens with zero attached hydrogens (tertiary/aromatic N) is 5. The third-order valence-electron chi connectivity index (χ3n) is 2.08. The molecule has 0 aliphatic heterocycles. The van der Waals surface area contributed by atoms with Gasteiger partial charge in [-0.3, -0.25) is 0 Å². The minimum Gasteiger partial charge on any atom is -0.342 e. The summed E-state index contributed by atoms with van der Waals surface area (Å²) in [7, 11) is 5.80. The van der Waals surface area contributed by atoms with Gasteiger partial charge in [-0.2, -0.15) is 0 Å². The Balaban J connectivity index is 2.50. The topological polar surface area (TPSA) is 58.9 Å². The first-order valence-electron chi connectivity index (χ1n) is 4.73. The van der Waals surface area contributed by atoms with Gasteiger partial charge in [-0.05, 0) is 29.9 Å². The van der Waals surface area contributed by atoms with Gasteiger partial charge in [0.15, 0.2) is 0 Å². The lowest BCUT2D eigenvalue weighted by Crippen LogP contribution is -2.31. The maximum Gasteiger partial charge on any atom is 0.245 e. The SMILES string of the molecule is CNCC(C)CN(C)c1nnnn1C. The second-order valence-corrected chi connectivity index (χ2v) is 3.65. The molecule has 0 fully saturated rings. The zero-order chi connectivity index (χ0) is 10.6. The Morgan fingerprint density at radius 2 is 2.29 bits per heavy atom. The molecule has 0 spiro atoms. The van der Waals surface area contributed by atoms with Crippen molar-refractivity contribution in [3.8, 4) is 0 Å². The lowest BCUT2D eigenvalue weighted by atomic mass is 10.2. The molecule has 80 valence electrons. The number of anilines is 1. The van der Waals surface area contributed by atoms with E-state index < -0.39 is 0 Å². The zero-order valence-electron chi connectivity index (χ0n) is 9.23. The van der Waals surface area contributed by atoms with Gasteiger partial charge in [0.1, 0.15) is 0 Å². The Labute approximate surface area is 84.3 Å². The van der Waals surface area contributed by atoms with Crippen molar-refractivity contribution in [3.05, 3.63) is 0 Å². The number of rotatable bonds is 5. The molecule has 1 aromatic rings. The molecule has 0 saturated carbocycles. The molecule has 1 unspecified atom stereocenters. The molecule has 1 N–H and O–H groups in total. The molecule has 6 nitrogen and oxygen atoms in total. The van der Waals surface area contributed by atoms with Gasteiger partial charge in [0.2, 0.25) is 5.95 Å². The molecular formula is C8H18N6. The molecule has 14 heavy (non-hydrogen) atoms. The average molecular weight is 198 g/mol. The maximum absolute atomic E-state index is 3.94. The van der Waals surface area contributed by atoms with Crippen LogP contribution in [0.2, 0.25) is 0 Å². The van der Waals surface area contributed by atoms with Crippen molar-refractivity contribution >= 4 is 5.95 Å². The first-order chi connectivity index (χ1) is 6.65. The molecule has 6 heteroatoms. The Morgan fingerprint density at radius 3 is 2.79 bits per heavy atom. The maximum atomic E-state index is 3.94. The Hall–Kier alpha value is -1.17. The normalized spacial score (nSPS) is 12.9. The predicted molar refractivity (Wildman–Crippen MR) is 55.2 cm³/mol. The standard InChI is InChI=1S/C8H18N6/c1-7(5-9-2)6-13(3)8-10-11-12-14(8)4/h7,9H,5-6H2,1-4H3. The van der Waals surface area contributed by atoms with Gasteiger partial charge in [-0.15, -0.1) is 0 Å². The zero-order valence-corrected chi connectivity index (χ0v) is 9.23. The van der Waals surface area contributed by atoms with Crippen LogP contribution >= 0.6 is 0 Å². The number of aromatic nitrogens is 4. The number of hydrogen-bond acceptors (Lipinski definition) is 5. The monoisotopic (exact) mass is 198 g/mol. The van der Waals surface area contributed by atoms with E-state index in [1.54, 1.807) is 4.68 Å². The molecule has 0 amide bonds. The third kappa shape index (κ3) is 2.66.